The topological polar surface area (TPSA) is 24.9 Å². The minimum absolute atomic E-state index is 0.135. The van der Waals surface area contributed by atoms with Gasteiger partial charge in [-0.05, 0) is 65.9 Å². The molecule has 0 spiro atoms. The van der Waals surface area contributed by atoms with E-state index >= 15 is 0 Å². The molecular formula is C16H18BrClN2S. The van der Waals surface area contributed by atoms with Crippen LogP contribution in [0.3, 0.4) is 0 Å². The highest BCUT2D eigenvalue weighted by molar-refractivity contribution is 9.10. The van der Waals surface area contributed by atoms with Crippen LogP contribution in [0.5, 0.6) is 0 Å². The molecule has 0 amide bonds. The molecule has 0 saturated carbocycles. The molecule has 1 atom stereocenters. The number of hydrogen-bond donors (Lipinski definition) is 1. The number of thiazole rings is 1. The molecule has 0 fully saturated rings. The highest BCUT2D eigenvalue weighted by Crippen LogP contribution is 2.34. The number of halogens is 2. The normalized spacial score (nSPS) is 15.8. The van der Waals surface area contributed by atoms with Crippen LogP contribution >= 0.6 is 38.9 Å². The molecule has 1 aromatic carbocycles. The van der Waals surface area contributed by atoms with E-state index in [1.807, 2.05) is 23.5 Å². The largest absolute Gasteiger partial charge is 0.305 e. The molecule has 1 aliphatic rings. The Morgan fingerprint density at radius 3 is 2.90 bits per heavy atom. The standard InChI is InChI=1S/C16H18BrClN2S/c1-2-19-15(10-7-8-11(17)12(18)9-10)16-20-13-5-3-4-6-14(13)21-16/h7-9,15,19H,2-6H2,1H3. The molecular weight excluding hydrogens is 368 g/mol. The second-order valence-electron chi connectivity index (χ2n) is 5.29. The van der Waals surface area contributed by atoms with Crippen LogP contribution in [0.1, 0.15) is 46.9 Å². The lowest BCUT2D eigenvalue weighted by molar-refractivity contribution is 0.620. The van der Waals surface area contributed by atoms with Crippen LogP contribution in [0.4, 0.5) is 0 Å². The van der Waals surface area contributed by atoms with Crippen LogP contribution in [0.15, 0.2) is 22.7 Å². The molecule has 0 radical (unpaired) electrons. The van der Waals surface area contributed by atoms with Crippen molar-refractivity contribution in [1.29, 1.82) is 0 Å². The van der Waals surface area contributed by atoms with Gasteiger partial charge in [-0.15, -0.1) is 11.3 Å². The second kappa shape index (κ2) is 6.78. The van der Waals surface area contributed by atoms with Crippen LogP contribution in [-0.4, -0.2) is 11.5 Å². The number of rotatable bonds is 4. The lowest BCUT2D eigenvalue weighted by Crippen LogP contribution is -2.22. The van der Waals surface area contributed by atoms with Crippen LogP contribution in [0.2, 0.25) is 5.02 Å². The van der Waals surface area contributed by atoms with Crippen LogP contribution in [-0.2, 0) is 12.8 Å². The average Bonchev–Trinajstić information content (AvgIpc) is 2.91. The van der Waals surface area contributed by atoms with E-state index in [4.69, 9.17) is 16.6 Å². The molecule has 0 saturated heterocycles. The fourth-order valence-electron chi connectivity index (χ4n) is 2.74. The summed E-state index contributed by atoms with van der Waals surface area (Å²) in [4.78, 5) is 6.37. The number of aromatic nitrogens is 1. The molecule has 0 bridgehead atoms. The first-order valence-electron chi connectivity index (χ1n) is 7.36. The van der Waals surface area contributed by atoms with Crippen molar-refractivity contribution in [1.82, 2.24) is 10.3 Å². The lowest BCUT2D eigenvalue weighted by Gasteiger charge is -2.16. The highest BCUT2D eigenvalue weighted by Gasteiger charge is 2.22. The monoisotopic (exact) mass is 384 g/mol. The van der Waals surface area contributed by atoms with Crippen molar-refractivity contribution in [3.63, 3.8) is 0 Å². The average molecular weight is 386 g/mol. The van der Waals surface area contributed by atoms with Gasteiger partial charge in [0.1, 0.15) is 5.01 Å². The van der Waals surface area contributed by atoms with E-state index in [9.17, 15) is 0 Å². The molecule has 2 nitrogen and oxygen atoms in total. The van der Waals surface area contributed by atoms with Crippen molar-refractivity contribution in [2.75, 3.05) is 6.54 Å². The lowest BCUT2D eigenvalue weighted by atomic mass is 10.0. The number of nitrogens with one attached hydrogen (secondary N) is 1. The Morgan fingerprint density at radius 2 is 2.19 bits per heavy atom. The van der Waals surface area contributed by atoms with Gasteiger partial charge in [0.2, 0.25) is 0 Å². The third-order valence-corrected chi connectivity index (χ3v) is 6.25. The predicted molar refractivity (Wildman–Crippen MR) is 93.4 cm³/mol. The minimum Gasteiger partial charge on any atom is -0.305 e. The fourth-order valence-corrected chi connectivity index (χ4v) is 4.43. The maximum atomic E-state index is 6.25. The molecule has 1 unspecified atom stereocenters. The number of nitrogens with zero attached hydrogens (tertiary/aromatic N) is 1. The van der Waals surface area contributed by atoms with Gasteiger partial charge in [-0.3, -0.25) is 0 Å². The Bertz CT molecular complexity index is 618. The molecule has 1 aromatic heterocycles. The van der Waals surface area contributed by atoms with Gasteiger partial charge >= 0.3 is 0 Å². The summed E-state index contributed by atoms with van der Waals surface area (Å²) in [6, 6.07) is 6.29. The summed E-state index contributed by atoms with van der Waals surface area (Å²) in [7, 11) is 0. The van der Waals surface area contributed by atoms with Crippen LogP contribution < -0.4 is 5.32 Å². The minimum atomic E-state index is 0.135. The van der Waals surface area contributed by atoms with E-state index in [1.54, 1.807) is 0 Å². The molecule has 2 aromatic rings. The third kappa shape index (κ3) is 3.34. The van der Waals surface area contributed by atoms with E-state index in [2.05, 4.69) is 34.2 Å². The van der Waals surface area contributed by atoms with Gasteiger partial charge in [0.05, 0.1) is 16.8 Å². The summed E-state index contributed by atoms with van der Waals surface area (Å²) in [5.41, 5.74) is 2.49. The summed E-state index contributed by atoms with van der Waals surface area (Å²) < 4.78 is 0.932. The first-order chi connectivity index (χ1) is 10.2. The summed E-state index contributed by atoms with van der Waals surface area (Å²) >= 11 is 11.6. The van der Waals surface area contributed by atoms with E-state index in [-0.39, 0.29) is 6.04 Å². The zero-order valence-electron chi connectivity index (χ0n) is 12.0. The van der Waals surface area contributed by atoms with Gasteiger partial charge in [0.25, 0.3) is 0 Å². The quantitative estimate of drug-likeness (QED) is 0.788. The Morgan fingerprint density at radius 1 is 1.38 bits per heavy atom. The van der Waals surface area contributed by atoms with Gasteiger partial charge < -0.3 is 5.32 Å². The number of benzene rings is 1. The van der Waals surface area contributed by atoms with Crippen molar-refractivity contribution < 1.29 is 0 Å². The van der Waals surface area contributed by atoms with Gasteiger partial charge in [-0.2, -0.15) is 0 Å². The Labute approximate surface area is 143 Å². The Hall–Kier alpha value is -0.420. The van der Waals surface area contributed by atoms with Crippen molar-refractivity contribution >= 4 is 38.9 Å². The molecule has 5 heteroatoms. The van der Waals surface area contributed by atoms with Gasteiger partial charge in [-0.1, -0.05) is 24.6 Å². The SMILES string of the molecule is CCNC(c1ccc(Br)c(Cl)c1)c1nc2c(s1)CCCC2. The Kier molecular flexibility index (Phi) is 4.99. The van der Waals surface area contributed by atoms with Crippen molar-refractivity contribution in [3.05, 3.63) is 48.8 Å². The van der Waals surface area contributed by atoms with Gasteiger partial charge in [-0.25, -0.2) is 4.98 Å². The third-order valence-electron chi connectivity index (χ3n) is 3.79. The van der Waals surface area contributed by atoms with Gasteiger partial charge in [0.15, 0.2) is 0 Å². The zero-order valence-corrected chi connectivity index (χ0v) is 15.1. The van der Waals surface area contributed by atoms with Crippen molar-refractivity contribution in [3.8, 4) is 0 Å². The number of hydrogen-bond acceptors (Lipinski definition) is 3. The van der Waals surface area contributed by atoms with Crippen molar-refractivity contribution in [2.24, 2.45) is 0 Å². The van der Waals surface area contributed by atoms with E-state index in [1.165, 1.54) is 40.4 Å². The molecule has 1 heterocycles. The van der Waals surface area contributed by atoms with Gasteiger partial charge in [0, 0.05) is 9.35 Å². The molecule has 1 N–H and O–H groups in total. The second-order valence-corrected chi connectivity index (χ2v) is 7.67. The maximum absolute atomic E-state index is 6.25. The summed E-state index contributed by atoms with van der Waals surface area (Å²) in [5.74, 6) is 0. The summed E-state index contributed by atoms with van der Waals surface area (Å²) in [6.45, 7) is 3.03. The summed E-state index contributed by atoms with van der Waals surface area (Å²) in [6.07, 6.45) is 4.88. The highest BCUT2D eigenvalue weighted by atomic mass is 79.9. The fraction of sp³-hybridized carbons (Fsp3) is 0.438. The number of aryl methyl sites for hydroxylation is 2. The molecule has 21 heavy (non-hydrogen) atoms. The predicted octanol–water partition coefficient (Wildman–Crippen LogP) is 5.14. The molecule has 112 valence electrons. The maximum Gasteiger partial charge on any atom is 0.115 e. The summed E-state index contributed by atoms with van der Waals surface area (Å²) in [5, 5.41) is 5.46. The molecule has 1 aliphatic carbocycles. The number of fused-ring (bicyclic) bond motifs is 1. The first-order valence-corrected chi connectivity index (χ1v) is 9.34. The van der Waals surface area contributed by atoms with E-state index in [0.29, 0.717) is 0 Å². The molecule has 0 aliphatic heterocycles. The molecule has 3 rings (SSSR count). The zero-order chi connectivity index (χ0) is 14.8. The van der Waals surface area contributed by atoms with E-state index < -0.39 is 0 Å². The Balaban J connectivity index is 1.96. The van der Waals surface area contributed by atoms with Crippen LogP contribution in [0, 0.1) is 0 Å². The van der Waals surface area contributed by atoms with E-state index in [0.717, 1.165) is 22.5 Å². The smallest absolute Gasteiger partial charge is 0.115 e. The van der Waals surface area contributed by atoms with Crippen LogP contribution in [0.25, 0.3) is 0 Å². The first kappa shape index (κ1) is 15.5. The van der Waals surface area contributed by atoms with Crippen molar-refractivity contribution in [2.45, 2.75) is 38.6 Å².